The second-order valence-corrected chi connectivity index (χ2v) is 11.4. The third-order valence-corrected chi connectivity index (χ3v) is 9.13. The van der Waals surface area contributed by atoms with Gasteiger partial charge >= 0.3 is 6.03 Å². The maximum Gasteiger partial charge on any atom is 0.322 e. The number of amides is 2. The molecule has 1 aliphatic heterocycles. The van der Waals surface area contributed by atoms with Crippen LogP contribution in [0, 0.1) is 0 Å². The highest BCUT2D eigenvalue weighted by Gasteiger charge is 2.36. The molecule has 2 aromatic heterocycles. The Morgan fingerprint density at radius 2 is 1.74 bits per heavy atom. The zero-order chi connectivity index (χ0) is 27.1. The van der Waals surface area contributed by atoms with Gasteiger partial charge in [0.1, 0.15) is 5.00 Å². The summed E-state index contributed by atoms with van der Waals surface area (Å²) < 4.78 is 13.2. The molecule has 202 valence electrons. The van der Waals surface area contributed by atoms with E-state index in [0.717, 1.165) is 29.8 Å². The molecular formula is C31H34N4O3S. The molecule has 3 heterocycles. The first-order valence-corrected chi connectivity index (χ1v) is 14.2. The fraction of sp³-hybridized carbons (Fsp3) is 0.323. The summed E-state index contributed by atoms with van der Waals surface area (Å²) in [5, 5.41) is 4.41. The number of aromatic nitrogens is 1. The average Bonchev–Trinajstić information content (AvgIpc) is 3.54. The third kappa shape index (κ3) is 4.52. The minimum absolute atomic E-state index is 0.153. The van der Waals surface area contributed by atoms with Gasteiger partial charge < -0.3 is 29.2 Å². The first-order chi connectivity index (χ1) is 19.0. The molecule has 0 saturated heterocycles. The number of methoxy groups -OCH3 is 2. The summed E-state index contributed by atoms with van der Waals surface area (Å²) in [5.74, 6) is 1.20. The number of nitrogens with zero attached hydrogens (tertiary/aromatic N) is 3. The predicted octanol–water partition coefficient (Wildman–Crippen LogP) is 6.64. The van der Waals surface area contributed by atoms with Crippen molar-refractivity contribution in [2.75, 3.05) is 38.5 Å². The van der Waals surface area contributed by atoms with Crippen molar-refractivity contribution in [1.82, 2.24) is 9.47 Å². The molecule has 0 unspecified atom stereocenters. The van der Waals surface area contributed by atoms with Crippen LogP contribution in [0.1, 0.15) is 46.1 Å². The van der Waals surface area contributed by atoms with Gasteiger partial charge in [-0.1, -0.05) is 12.1 Å². The Hall–Kier alpha value is -3.91. The van der Waals surface area contributed by atoms with Crippen LogP contribution in [0.25, 0.3) is 5.00 Å². The zero-order valence-electron chi connectivity index (χ0n) is 22.9. The maximum atomic E-state index is 14.2. The van der Waals surface area contributed by atoms with E-state index in [-0.39, 0.29) is 12.1 Å². The van der Waals surface area contributed by atoms with Crippen LogP contribution >= 0.6 is 11.3 Å². The minimum atomic E-state index is -0.254. The van der Waals surface area contributed by atoms with Gasteiger partial charge in [0, 0.05) is 48.2 Å². The van der Waals surface area contributed by atoms with Crippen molar-refractivity contribution in [3.8, 4) is 16.5 Å². The molecule has 1 N–H and O–H groups in total. The van der Waals surface area contributed by atoms with E-state index in [2.05, 4.69) is 57.4 Å². The van der Waals surface area contributed by atoms with E-state index in [1.165, 1.54) is 33.8 Å². The minimum Gasteiger partial charge on any atom is -0.493 e. The molecule has 4 aromatic rings. The number of ether oxygens (including phenoxy) is 2. The molecule has 39 heavy (non-hydrogen) atoms. The van der Waals surface area contributed by atoms with Crippen molar-refractivity contribution in [1.29, 1.82) is 0 Å². The molecule has 2 aliphatic rings. The number of carbonyl (C=O) groups excluding carboxylic acids is 1. The number of rotatable bonds is 5. The molecular weight excluding hydrogens is 508 g/mol. The van der Waals surface area contributed by atoms with Crippen molar-refractivity contribution in [2.24, 2.45) is 0 Å². The Morgan fingerprint density at radius 3 is 2.49 bits per heavy atom. The van der Waals surface area contributed by atoms with Gasteiger partial charge in [0.15, 0.2) is 11.5 Å². The van der Waals surface area contributed by atoms with E-state index in [0.29, 0.717) is 23.7 Å². The fourth-order valence-corrected chi connectivity index (χ4v) is 7.21. The van der Waals surface area contributed by atoms with E-state index < -0.39 is 0 Å². The molecule has 0 saturated carbocycles. The molecule has 2 aromatic carbocycles. The van der Waals surface area contributed by atoms with Crippen LogP contribution in [-0.4, -0.2) is 43.8 Å². The Morgan fingerprint density at radius 1 is 0.974 bits per heavy atom. The number of anilines is 2. The largest absolute Gasteiger partial charge is 0.493 e. The normalized spacial score (nSPS) is 16.0. The standard InChI is InChI=1S/C31H34N4O3S/c1-33(2)22-14-11-20(12-15-22)29-25-9-7-17-34(25)30-24(23-8-5-6-10-28(23)39-30)19-35(29)31(36)32-21-13-16-26(37-3)27(18-21)38-4/h7,9,11-18,29H,5-6,8,10,19H2,1-4H3,(H,32,36)/t29-/m0/s1. The molecule has 0 radical (unpaired) electrons. The Kier molecular flexibility index (Phi) is 6.73. The lowest BCUT2D eigenvalue weighted by Crippen LogP contribution is -2.38. The Bertz CT molecular complexity index is 1500. The highest BCUT2D eigenvalue weighted by molar-refractivity contribution is 7.15. The highest BCUT2D eigenvalue weighted by atomic mass is 32.1. The number of hydrogen-bond donors (Lipinski definition) is 1. The van der Waals surface area contributed by atoms with Crippen molar-refractivity contribution >= 4 is 28.7 Å². The number of nitrogens with one attached hydrogen (secondary N) is 1. The number of thiophene rings is 1. The second kappa shape index (κ2) is 10.3. The molecule has 1 atom stereocenters. The fourth-order valence-electron chi connectivity index (χ4n) is 5.80. The number of aryl methyl sites for hydroxylation is 1. The molecule has 0 fully saturated rings. The van der Waals surface area contributed by atoms with Crippen LogP contribution in [-0.2, 0) is 19.4 Å². The number of benzene rings is 2. The summed E-state index contributed by atoms with van der Waals surface area (Å²) >= 11 is 1.90. The molecule has 0 bridgehead atoms. The van der Waals surface area contributed by atoms with Crippen LogP contribution < -0.4 is 19.7 Å². The summed E-state index contributed by atoms with van der Waals surface area (Å²) in [6.07, 6.45) is 6.77. The smallest absolute Gasteiger partial charge is 0.322 e. The van der Waals surface area contributed by atoms with E-state index >= 15 is 0 Å². The predicted molar refractivity (Wildman–Crippen MR) is 157 cm³/mol. The van der Waals surface area contributed by atoms with Crippen molar-refractivity contribution in [3.05, 3.63) is 88.1 Å². The zero-order valence-corrected chi connectivity index (χ0v) is 23.7. The molecule has 1 aliphatic carbocycles. The van der Waals surface area contributed by atoms with Crippen LogP contribution in [0.4, 0.5) is 16.2 Å². The van der Waals surface area contributed by atoms with E-state index in [4.69, 9.17) is 9.47 Å². The summed E-state index contributed by atoms with van der Waals surface area (Å²) in [5.41, 5.74) is 6.67. The van der Waals surface area contributed by atoms with Crippen LogP contribution in [0.5, 0.6) is 11.5 Å². The van der Waals surface area contributed by atoms with Gasteiger partial charge in [-0.3, -0.25) is 0 Å². The highest BCUT2D eigenvalue weighted by Crippen LogP contribution is 2.44. The van der Waals surface area contributed by atoms with Gasteiger partial charge in [-0.05, 0) is 73.2 Å². The van der Waals surface area contributed by atoms with Gasteiger partial charge in [0.05, 0.1) is 32.5 Å². The summed E-state index contributed by atoms with van der Waals surface area (Å²) in [4.78, 5) is 19.7. The van der Waals surface area contributed by atoms with Crippen molar-refractivity contribution in [3.63, 3.8) is 0 Å². The Labute approximate surface area is 233 Å². The van der Waals surface area contributed by atoms with Crippen molar-refractivity contribution < 1.29 is 14.3 Å². The lowest BCUT2D eigenvalue weighted by atomic mass is 9.95. The van der Waals surface area contributed by atoms with Gasteiger partial charge in [0.25, 0.3) is 0 Å². The molecule has 0 spiro atoms. The molecule has 2 amide bonds. The third-order valence-electron chi connectivity index (χ3n) is 7.80. The monoisotopic (exact) mass is 542 g/mol. The summed E-state index contributed by atoms with van der Waals surface area (Å²) in [6.45, 7) is 0.544. The summed E-state index contributed by atoms with van der Waals surface area (Å²) in [7, 11) is 7.28. The van der Waals surface area contributed by atoms with Gasteiger partial charge in [0.2, 0.25) is 0 Å². The van der Waals surface area contributed by atoms with Crippen LogP contribution in [0.15, 0.2) is 60.8 Å². The number of hydrogen-bond acceptors (Lipinski definition) is 5. The lowest BCUT2D eigenvalue weighted by Gasteiger charge is -2.32. The topological polar surface area (TPSA) is 59.0 Å². The van der Waals surface area contributed by atoms with E-state index in [1.54, 1.807) is 20.3 Å². The molecule has 8 heteroatoms. The average molecular weight is 543 g/mol. The molecule has 6 rings (SSSR count). The maximum absolute atomic E-state index is 14.2. The Balaban J connectivity index is 1.45. The van der Waals surface area contributed by atoms with Gasteiger partial charge in [-0.15, -0.1) is 11.3 Å². The van der Waals surface area contributed by atoms with Gasteiger partial charge in [-0.25, -0.2) is 4.79 Å². The van der Waals surface area contributed by atoms with Gasteiger partial charge in [-0.2, -0.15) is 0 Å². The van der Waals surface area contributed by atoms with Crippen LogP contribution in [0.2, 0.25) is 0 Å². The molecule has 7 nitrogen and oxygen atoms in total. The SMILES string of the molecule is COc1ccc(NC(=O)N2Cc3c(sc4c3CCCC4)-n3cccc3[C@@H]2c2ccc(N(C)C)cc2)cc1OC. The summed E-state index contributed by atoms with van der Waals surface area (Å²) in [6, 6.07) is 17.8. The number of urea groups is 1. The first kappa shape index (κ1) is 25.4. The second-order valence-electron chi connectivity index (χ2n) is 10.3. The lowest BCUT2D eigenvalue weighted by molar-refractivity contribution is 0.194. The van der Waals surface area contributed by atoms with E-state index in [1.807, 2.05) is 42.5 Å². The quantitative estimate of drug-likeness (QED) is 0.307. The number of carbonyl (C=O) groups is 1. The van der Waals surface area contributed by atoms with Crippen molar-refractivity contribution in [2.45, 2.75) is 38.3 Å². The van der Waals surface area contributed by atoms with Crippen LogP contribution in [0.3, 0.4) is 0 Å². The number of fused-ring (bicyclic) bond motifs is 5. The first-order valence-electron chi connectivity index (χ1n) is 13.4. The van der Waals surface area contributed by atoms with E-state index in [9.17, 15) is 4.79 Å².